The van der Waals surface area contributed by atoms with Gasteiger partial charge >= 0.3 is 6.18 Å². The Hall–Kier alpha value is -3.37. The minimum atomic E-state index is -4.47. The van der Waals surface area contributed by atoms with Gasteiger partial charge in [0.05, 0.1) is 24.0 Å². The number of aromatic nitrogens is 2. The predicted molar refractivity (Wildman–Crippen MR) is 115 cm³/mol. The molecule has 34 heavy (non-hydrogen) atoms. The number of amidine groups is 1. The molecule has 1 aromatic carbocycles. The summed E-state index contributed by atoms with van der Waals surface area (Å²) in [5.41, 5.74) is -2.02. The van der Waals surface area contributed by atoms with E-state index in [9.17, 15) is 22.0 Å². The molecule has 0 atom stereocenters. The molecule has 11 heteroatoms. The summed E-state index contributed by atoms with van der Waals surface area (Å²) >= 11 is 0. The summed E-state index contributed by atoms with van der Waals surface area (Å²) < 4.78 is 81.9. The topological polar surface area (TPSA) is 71.5 Å². The van der Waals surface area contributed by atoms with Crippen molar-refractivity contribution < 1.29 is 31.4 Å². The van der Waals surface area contributed by atoms with Crippen molar-refractivity contribution in [2.24, 2.45) is 10.4 Å². The summed E-state index contributed by atoms with van der Waals surface area (Å²) in [6.45, 7) is 4.83. The number of ether oxygens (including phenoxy) is 2. The van der Waals surface area contributed by atoms with Crippen LogP contribution in [0, 0.1) is 17.0 Å². The molecule has 1 fully saturated rings. The SMILES string of the molecule is CC1(C)CN=C(Nc2cc(F)c(Oc3ccnc4[nH]cc(C5(C(F)(F)F)CC5)c34)c(F)c2)OC1. The van der Waals surface area contributed by atoms with E-state index in [1.54, 1.807) is 0 Å². The summed E-state index contributed by atoms with van der Waals surface area (Å²) in [5.74, 6) is -2.95. The number of nitrogens with one attached hydrogen (secondary N) is 2. The van der Waals surface area contributed by atoms with Crippen molar-refractivity contribution in [3.8, 4) is 11.5 Å². The molecule has 0 unspecified atom stereocenters. The van der Waals surface area contributed by atoms with Crippen LogP contribution in [0.15, 0.2) is 35.6 Å². The van der Waals surface area contributed by atoms with Crippen LogP contribution in [-0.4, -0.2) is 35.3 Å². The van der Waals surface area contributed by atoms with E-state index in [4.69, 9.17) is 9.47 Å². The second-order valence-corrected chi connectivity index (χ2v) is 9.39. The number of anilines is 1. The van der Waals surface area contributed by atoms with E-state index in [-0.39, 0.29) is 52.3 Å². The second-order valence-electron chi connectivity index (χ2n) is 9.39. The van der Waals surface area contributed by atoms with Crippen LogP contribution < -0.4 is 10.1 Å². The summed E-state index contributed by atoms with van der Waals surface area (Å²) in [5, 5.41) is 2.77. The zero-order chi connectivity index (χ0) is 24.3. The van der Waals surface area contributed by atoms with E-state index in [0.717, 1.165) is 12.1 Å². The molecule has 2 aromatic heterocycles. The number of H-pyrrole nitrogens is 1. The number of hydrogen-bond donors (Lipinski definition) is 2. The fourth-order valence-corrected chi connectivity index (χ4v) is 4.00. The monoisotopic (exact) mass is 480 g/mol. The minimum Gasteiger partial charge on any atom is -0.464 e. The van der Waals surface area contributed by atoms with Crippen molar-refractivity contribution in [1.29, 1.82) is 0 Å². The first kappa shape index (κ1) is 22.4. The van der Waals surface area contributed by atoms with Gasteiger partial charge in [-0.1, -0.05) is 13.8 Å². The number of alkyl halides is 3. The van der Waals surface area contributed by atoms with Gasteiger partial charge in [0.25, 0.3) is 6.02 Å². The molecule has 1 aliphatic heterocycles. The quantitative estimate of drug-likeness (QED) is 0.446. The smallest absolute Gasteiger partial charge is 0.398 e. The molecule has 5 rings (SSSR count). The summed E-state index contributed by atoms with van der Waals surface area (Å²) in [6, 6.07) is 3.42. The first-order valence-corrected chi connectivity index (χ1v) is 10.6. The molecule has 6 nitrogen and oxygen atoms in total. The van der Waals surface area contributed by atoms with Gasteiger partial charge in [0.15, 0.2) is 17.4 Å². The Morgan fingerprint density at radius 2 is 1.85 bits per heavy atom. The van der Waals surface area contributed by atoms with Gasteiger partial charge in [0.1, 0.15) is 11.4 Å². The molecule has 0 amide bonds. The van der Waals surface area contributed by atoms with Crippen molar-refractivity contribution >= 4 is 22.7 Å². The highest BCUT2D eigenvalue weighted by Gasteiger charge is 2.65. The first-order chi connectivity index (χ1) is 16.0. The van der Waals surface area contributed by atoms with Crippen LogP contribution in [-0.2, 0) is 10.2 Å². The lowest BCUT2D eigenvalue weighted by Crippen LogP contribution is -2.33. The Morgan fingerprint density at radius 1 is 1.15 bits per heavy atom. The van der Waals surface area contributed by atoms with Crippen LogP contribution in [0.4, 0.5) is 27.6 Å². The Bertz CT molecular complexity index is 1270. The Balaban J connectivity index is 1.46. The van der Waals surface area contributed by atoms with Crippen molar-refractivity contribution in [1.82, 2.24) is 9.97 Å². The molecule has 0 spiro atoms. The number of nitrogens with zero attached hydrogens (tertiary/aromatic N) is 2. The molecule has 2 aliphatic rings. The van der Waals surface area contributed by atoms with Crippen LogP contribution in [0.1, 0.15) is 32.3 Å². The maximum absolute atomic E-state index is 14.8. The lowest BCUT2D eigenvalue weighted by molar-refractivity contribution is -0.160. The third-order valence-corrected chi connectivity index (χ3v) is 6.06. The van der Waals surface area contributed by atoms with Crippen molar-refractivity contribution in [3.63, 3.8) is 0 Å². The lowest BCUT2D eigenvalue weighted by atomic mass is 9.95. The predicted octanol–water partition coefficient (Wildman–Crippen LogP) is 6.05. The Kier molecular flexibility index (Phi) is 4.99. The Labute approximate surface area is 191 Å². The first-order valence-electron chi connectivity index (χ1n) is 10.6. The van der Waals surface area contributed by atoms with E-state index < -0.39 is 29.0 Å². The molecule has 1 saturated carbocycles. The van der Waals surface area contributed by atoms with Crippen molar-refractivity contribution in [3.05, 3.63) is 47.8 Å². The molecule has 3 aromatic rings. The lowest BCUT2D eigenvalue weighted by Gasteiger charge is -2.28. The number of aromatic amines is 1. The standard InChI is InChI=1S/C23H21F5N4O2/c1-21(2)10-31-20(33-11-21)32-12-7-14(24)18(15(25)8-12)34-16-3-6-29-19-17(16)13(9-30-19)22(4-5-22)23(26,27)28/h3,6-9H,4-5,10-11H2,1-2H3,(H,29,30)(H,31,32). The number of fused-ring (bicyclic) bond motifs is 1. The molecular formula is C23H21F5N4O2. The fourth-order valence-electron chi connectivity index (χ4n) is 4.00. The van der Waals surface area contributed by atoms with Gasteiger partial charge in [-0.2, -0.15) is 13.2 Å². The third-order valence-electron chi connectivity index (χ3n) is 6.06. The molecule has 0 saturated heterocycles. The highest BCUT2D eigenvalue weighted by molar-refractivity contribution is 5.90. The van der Waals surface area contributed by atoms with Gasteiger partial charge in [-0.25, -0.2) is 18.8 Å². The maximum Gasteiger partial charge on any atom is 0.398 e. The minimum absolute atomic E-state index is 0.0471. The molecule has 0 radical (unpaired) electrons. The summed E-state index contributed by atoms with van der Waals surface area (Å²) in [6.07, 6.45) is -2.11. The van der Waals surface area contributed by atoms with E-state index in [2.05, 4.69) is 20.3 Å². The second kappa shape index (κ2) is 7.57. The highest BCUT2D eigenvalue weighted by Crippen LogP contribution is 2.61. The Morgan fingerprint density at radius 3 is 2.44 bits per heavy atom. The average Bonchev–Trinajstić information content (AvgIpc) is 3.46. The zero-order valence-corrected chi connectivity index (χ0v) is 18.3. The van der Waals surface area contributed by atoms with Crippen molar-refractivity contribution in [2.75, 3.05) is 18.5 Å². The largest absolute Gasteiger partial charge is 0.464 e. The number of halogens is 5. The number of pyridine rings is 1. The highest BCUT2D eigenvalue weighted by atomic mass is 19.4. The normalized spacial score (nSPS) is 18.9. The van der Waals surface area contributed by atoms with Crippen LogP contribution in [0.25, 0.3) is 11.0 Å². The molecule has 3 heterocycles. The van der Waals surface area contributed by atoms with Crippen LogP contribution in [0.2, 0.25) is 0 Å². The zero-order valence-electron chi connectivity index (χ0n) is 18.3. The molecule has 0 bridgehead atoms. The molecule has 2 N–H and O–H groups in total. The van der Waals surface area contributed by atoms with E-state index in [0.29, 0.717) is 13.2 Å². The summed E-state index contributed by atoms with van der Waals surface area (Å²) in [4.78, 5) is 11.0. The maximum atomic E-state index is 14.8. The van der Waals surface area contributed by atoms with Crippen LogP contribution >= 0.6 is 0 Å². The third kappa shape index (κ3) is 3.82. The van der Waals surface area contributed by atoms with Crippen LogP contribution in [0.3, 0.4) is 0 Å². The number of rotatable bonds is 4. The van der Waals surface area contributed by atoms with E-state index in [1.807, 2.05) is 13.8 Å². The van der Waals surface area contributed by atoms with Gasteiger partial charge < -0.3 is 19.8 Å². The van der Waals surface area contributed by atoms with Crippen molar-refractivity contribution in [2.45, 2.75) is 38.3 Å². The average molecular weight is 480 g/mol. The number of aliphatic imine (C=N–C) groups is 1. The molecule has 180 valence electrons. The molecule has 1 aliphatic carbocycles. The van der Waals surface area contributed by atoms with Gasteiger partial charge in [-0.05, 0) is 24.5 Å². The van der Waals surface area contributed by atoms with Gasteiger partial charge in [0, 0.05) is 35.6 Å². The van der Waals surface area contributed by atoms with Gasteiger partial charge in [-0.3, -0.25) is 0 Å². The summed E-state index contributed by atoms with van der Waals surface area (Å²) in [7, 11) is 0. The van der Waals surface area contributed by atoms with E-state index >= 15 is 0 Å². The van der Waals surface area contributed by atoms with Gasteiger partial charge in [-0.15, -0.1) is 0 Å². The van der Waals surface area contributed by atoms with Gasteiger partial charge in [0.2, 0.25) is 0 Å². The number of benzene rings is 1. The van der Waals surface area contributed by atoms with E-state index in [1.165, 1.54) is 18.5 Å². The number of hydrogen-bond acceptors (Lipinski definition) is 5. The molecular weight excluding hydrogens is 459 g/mol. The van der Waals surface area contributed by atoms with Crippen LogP contribution in [0.5, 0.6) is 11.5 Å². The fraction of sp³-hybridized carbons (Fsp3) is 0.391.